The van der Waals surface area contributed by atoms with E-state index in [0.29, 0.717) is 0 Å². The van der Waals surface area contributed by atoms with Gasteiger partial charge in [0.05, 0.1) is 17.1 Å². The molecule has 0 atom stereocenters. The standard InChI is InChI=1S/C96H64B2N4S2/c1-7-29-65(30-8-1)67-51-55-73(56-52-67)99(84-46-24-19-41-77(84)69-33-11-3-12-34-69)75-59-89-95-94(62-75)104-92-64-88-82(63-83(92)97(95)80-44-22-27-49-87(80)101(89)72-39-17-6-18-40-72)98-81-45-23-28-50-91(81)103-93-61-76(60-90(96(93)98)102(88)86-48-26-21-43-79(86)71-37-15-5-16-38-71)100(74-57-53-68(54-58-74)66-31-9-2-10-32-66)85-47-25-20-42-78(85)70-35-13-4-14-36-70/h1-64H. The summed E-state index contributed by atoms with van der Waals surface area (Å²) in [6, 6.07) is 144. The Morgan fingerprint density at radius 2 is 0.596 bits per heavy atom. The average molecular weight is 1360 g/mol. The number of hydrogen-bond donors (Lipinski definition) is 0. The molecule has 0 unspecified atom stereocenters. The molecule has 4 heterocycles. The number of anilines is 12. The van der Waals surface area contributed by atoms with Crippen molar-refractivity contribution in [2.24, 2.45) is 0 Å². The largest absolute Gasteiger partial charge is 0.311 e. The van der Waals surface area contributed by atoms with Gasteiger partial charge in [0.15, 0.2) is 0 Å². The molecule has 0 spiro atoms. The summed E-state index contributed by atoms with van der Waals surface area (Å²) in [5, 5.41) is 0. The third kappa shape index (κ3) is 10.5. The summed E-state index contributed by atoms with van der Waals surface area (Å²) in [6.45, 7) is -0.225. The highest BCUT2D eigenvalue weighted by atomic mass is 32.2. The predicted octanol–water partition coefficient (Wildman–Crippen LogP) is 22.5. The predicted molar refractivity (Wildman–Crippen MR) is 443 cm³/mol. The molecular formula is C96H64B2N4S2. The molecule has 8 heteroatoms. The van der Waals surface area contributed by atoms with Crippen LogP contribution < -0.4 is 52.4 Å². The van der Waals surface area contributed by atoms with Crippen molar-refractivity contribution >= 4 is 138 Å². The van der Waals surface area contributed by atoms with Gasteiger partial charge in [-0.3, -0.25) is 0 Å². The molecule has 4 nitrogen and oxygen atoms in total. The lowest BCUT2D eigenvalue weighted by atomic mass is 9.31. The van der Waals surface area contributed by atoms with Crippen molar-refractivity contribution in [3.63, 3.8) is 0 Å². The first-order valence-corrected chi connectivity index (χ1v) is 37.3. The summed E-state index contributed by atoms with van der Waals surface area (Å²) in [4.78, 5) is 15.1. The molecule has 4 aliphatic rings. The molecule has 0 bridgehead atoms. The van der Waals surface area contributed by atoms with E-state index < -0.39 is 0 Å². The molecule has 0 saturated heterocycles. The van der Waals surface area contributed by atoms with Crippen LogP contribution in [0, 0.1) is 0 Å². The zero-order valence-corrected chi connectivity index (χ0v) is 58.3. The molecule has 0 saturated carbocycles. The molecule has 0 amide bonds. The summed E-state index contributed by atoms with van der Waals surface area (Å²) in [7, 11) is 0. The SMILES string of the molecule is c1ccc(-c2ccc(N(c3cc4c5c(c3)N(c3ccccc3)c3ccccc3B5c3cc5c(cc3S4)N(c3ccccc3-c3ccccc3)c3cc(N(c4ccc(-c6ccccc6)cc4)c4ccccc4-c4ccccc4)cc4c3B5c3ccccc3S4)c3ccccc3-c3ccccc3)cc2)cc1. The van der Waals surface area contributed by atoms with Crippen LogP contribution in [-0.2, 0) is 0 Å². The fourth-order valence-electron chi connectivity index (χ4n) is 16.5. The van der Waals surface area contributed by atoms with Gasteiger partial charge in [-0.05, 0) is 158 Å². The van der Waals surface area contributed by atoms with Crippen molar-refractivity contribution in [1.82, 2.24) is 0 Å². The van der Waals surface area contributed by atoms with Gasteiger partial charge < -0.3 is 19.6 Å². The highest BCUT2D eigenvalue weighted by Gasteiger charge is 2.47. The van der Waals surface area contributed by atoms with Crippen molar-refractivity contribution < 1.29 is 0 Å². The Hall–Kier alpha value is -12.5. The lowest BCUT2D eigenvalue weighted by molar-refractivity contribution is 1.22. The first-order valence-electron chi connectivity index (χ1n) is 35.7. The average Bonchev–Trinajstić information content (AvgIpc) is 0.692. The van der Waals surface area contributed by atoms with Crippen LogP contribution in [0.2, 0.25) is 0 Å². The number of benzene rings is 16. The zero-order chi connectivity index (χ0) is 68.6. The van der Waals surface area contributed by atoms with Crippen LogP contribution in [0.5, 0.6) is 0 Å². The number of para-hydroxylation sites is 5. The van der Waals surface area contributed by atoms with E-state index in [0.717, 1.165) is 95.9 Å². The van der Waals surface area contributed by atoms with Gasteiger partial charge in [0.2, 0.25) is 13.4 Å². The maximum absolute atomic E-state index is 2.65. The van der Waals surface area contributed by atoms with Crippen LogP contribution in [-0.4, -0.2) is 13.4 Å². The van der Waals surface area contributed by atoms with Gasteiger partial charge in [-0.2, -0.15) is 0 Å². The van der Waals surface area contributed by atoms with Gasteiger partial charge in [0.1, 0.15) is 0 Å². The Morgan fingerprint density at radius 3 is 1.12 bits per heavy atom. The Balaban J connectivity index is 0.842. The van der Waals surface area contributed by atoms with Crippen LogP contribution >= 0.6 is 23.5 Å². The number of nitrogens with zero attached hydrogens (tertiary/aromatic N) is 4. The second kappa shape index (κ2) is 25.9. The zero-order valence-electron chi connectivity index (χ0n) is 56.7. The first-order chi connectivity index (χ1) is 51.6. The van der Waals surface area contributed by atoms with Gasteiger partial charge in [-0.15, -0.1) is 0 Å². The van der Waals surface area contributed by atoms with E-state index >= 15 is 0 Å². The van der Waals surface area contributed by atoms with Crippen LogP contribution in [0.4, 0.5) is 68.2 Å². The lowest BCUT2D eigenvalue weighted by Crippen LogP contribution is -2.64. The van der Waals surface area contributed by atoms with Crippen molar-refractivity contribution in [2.75, 3.05) is 19.6 Å². The summed E-state index contributed by atoms with van der Waals surface area (Å²) >= 11 is 3.82. The Bertz CT molecular complexity index is 5950. The topological polar surface area (TPSA) is 13.0 Å². The molecule has 4 aliphatic heterocycles. The maximum Gasteiger partial charge on any atom is 0.249 e. The van der Waals surface area contributed by atoms with Crippen molar-refractivity contribution in [3.05, 3.63) is 388 Å². The summed E-state index contributed by atoms with van der Waals surface area (Å²) in [6.07, 6.45) is 0. The minimum absolute atomic E-state index is 0.110. The van der Waals surface area contributed by atoms with E-state index in [4.69, 9.17) is 0 Å². The maximum atomic E-state index is 2.65. The molecule has 0 N–H and O–H groups in total. The Morgan fingerprint density at radius 1 is 0.212 bits per heavy atom. The summed E-state index contributed by atoms with van der Waals surface area (Å²) < 4.78 is 0. The number of rotatable bonds is 13. The fraction of sp³-hybridized carbons (Fsp3) is 0. The molecule has 104 heavy (non-hydrogen) atoms. The minimum Gasteiger partial charge on any atom is -0.311 e. The molecule has 486 valence electrons. The van der Waals surface area contributed by atoms with Crippen LogP contribution in [0.15, 0.2) is 408 Å². The van der Waals surface area contributed by atoms with Crippen molar-refractivity contribution in [1.29, 1.82) is 0 Å². The molecule has 0 aromatic heterocycles. The third-order valence-electron chi connectivity index (χ3n) is 21.1. The fourth-order valence-corrected chi connectivity index (χ4v) is 19.0. The van der Waals surface area contributed by atoms with E-state index in [9.17, 15) is 0 Å². The highest BCUT2D eigenvalue weighted by Crippen LogP contribution is 2.53. The lowest BCUT2D eigenvalue weighted by Gasteiger charge is -2.44. The quantitative estimate of drug-likeness (QED) is 0.106. The number of fused-ring (bicyclic) bond motifs is 8. The number of hydrogen-bond acceptors (Lipinski definition) is 6. The van der Waals surface area contributed by atoms with E-state index in [1.165, 1.54) is 80.3 Å². The Kier molecular flexibility index (Phi) is 15.3. The van der Waals surface area contributed by atoms with E-state index in [2.05, 4.69) is 408 Å². The molecule has 16 aromatic carbocycles. The van der Waals surface area contributed by atoms with Gasteiger partial charge in [0.25, 0.3) is 0 Å². The van der Waals surface area contributed by atoms with Gasteiger partial charge in [-0.25, -0.2) is 0 Å². The van der Waals surface area contributed by atoms with Gasteiger partial charge >= 0.3 is 0 Å². The summed E-state index contributed by atoms with van der Waals surface area (Å²) in [5.74, 6) is 0. The van der Waals surface area contributed by atoms with E-state index in [1.807, 2.05) is 23.5 Å². The molecule has 16 aromatic rings. The molecule has 0 fully saturated rings. The third-order valence-corrected chi connectivity index (χ3v) is 23.4. The van der Waals surface area contributed by atoms with Gasteiger partial charge in [0, 0.05) is 87.5 Å². The first kappa shape index (κ1) is 61.4. The van der Waals surface area contributed by atoms with Crippen LogP contribution in [0.1, 0.15) is 0 Å². The molecule has 0 radical (unpaired) electrons. The monoisotopic (exact) mass is 1360 g/mol. The normalized spacial score (nSPS) is 12.7. The van der Waals surface area contributed by atoms with Crippen molar-refractivity contribution in [2.45, 2.75) is 19.6 Å². The van der Waals surface area contributed by atoms with Crippen molar-refractivity contribution in [3.8, 4) is 55.6 Å². The molecule has 20 rings (SSSR count). The Labute approximate surface area is 616 Å². The molecular weight excluding hydrogens is 1290 g/mol. The second-order valence-electron chi connectivity index (χ2n) is 27.0. The van der Waals surface area contributed by atoms with Gasteiger partial charge in [-0.1, -0.05) is 326 Å². The summed E-state index contributed by atoms with van der Waals surface area (Å²) in [5.41, 5.74) is 32.8. The minimum atomic E-state index is -0.116. The molecule has 0 aliphatic carbocycles. The smallest absolute Gasteiger partial charge is 0.249 e. The van der Waals surface area contributed by atoms with Crippen LogP contribution in [0.25, 0.3) is 55.6 Å². The van der Waals surface area contributed by atoms with Crippen LogP contribution in [0.3, 0.4) is 0 Å². The van der Waals surface area contributed by atoms with E-state index in [1.54, 1.807) is 0 Å². The van der Waals surface area contributed by atoms with E-state index in [-0.39, 0.29) is 13.4 Å². The highest BCUT2D eigenvalue weighted by molar-refractivity contribution is 8.00. The second-order valence-corrected chi connectivity index (χ2v) is 29.2.